The molecule has 0 atom stereocenters. The molecule has 0 saturated heterocycles. The van der Waals surface area contributed by atoms with E-state index < -0.39 is 0 Å². The van der Waals surface area contributed by atoms with Gasteiger partial charge in [-0.2, -0.15) is 0 Å². The van der Waals surface area contributed by atoms with Gasteiger partial charge in [0, 0.05) is 0 Å². The number of rotatable bonds is 6. The maximum absolute atomic E-state index is 5.60. The van der Waals surface area contributed by atoms with Gasteiger partial charge in [-0.1, -0.05) is 31.2 Å². The first kappa shape index (κ1) is 12.8. The van der Waals surface area contributed by atoms with Crippen LogP contribution in [0.1, 0.15) is 36.3 Å². The summed E-state index contributed by atoms with van der Waals surface area (Å²) < 4.78 is 5.60. The van der Waals surface area contributed by atoms with Crippen molar-refractivity contribution in [3.05, 3.63) is 47.2 Å². The fraction of sp³-hybridized carbons (Fsp3) is 0.429. The molecule has 0 saturated carbocycles. The van der Waals surface area contributed by atoms with Crippen LogP contribution >= 0.6 is 0 Å². The third kappa shape index (κ3) is 3.40. The Balaban J connectivity index is 1.96. The molecule has 2 aromatic rings. The fourth-order valence-electron chi connectivity index (χ4n) is 1.77. The second-order valence-electron chi connectivity index (χ2n) is 4.37. The third-order valence-corrected chi connectivity index (χ3v) is 2.81. The molecule has 0 aliphatic rings. The highest BCUT2D eigenvalue weighted by Crippen LogP contribution is 2.12. The van der Waals surface area contributed by atoms with E-state index in [2.05, 4.69) is 41.5 Å². The van der Waals surface area contributed by atoms with Crippen LogP contribution in [0.5, 0.6) is 0 Å². The standard InChI is InChI=1S/C14H19N3O/c1-3-8-15-10-14-17-16-13(18-14)9-12-7-5-4-6-11(12)2/h4-7,15H,3,8-10H2,1-2H3. The summed E-state index contributed by atoms with van der Waals surface area (Å²) in [6.07, 6.45) is 1.80. The molecule has 4 heteroatoms. The quantitative estimate of drug-likeness (QED) is 0.794. The Morgan fingerprint density at radius 1 is 1.17 bits per heavy atom. The van der Waals surface area contributed by atoms with Crippen molar-refractivity contribution in [3.8, 4) is 0 Å². The number of hydrogen-bond acceptors (Lipinski definition) is 4. The van der Waals surface area contributed by atoms with E-state index >= 15 is 0 Å². The normalized spacial score (nSPS) is 10.8. The zero-order valence-corrected chi connectivity index (χ0v) is 10.9. The highest BCUT2D eigenvalue weighted by Gasteiger charge is 2.07. The summed E-state index contributed by atoms with van der Waals surface area (Å²) in [5.74, 6) is 1.34. The van der Waals surface area contributed by atoms with E-state index in [-0.39, 0.29) is 0 Å². The van der Waals surface area contributed by atoms with Gasteiger partial charge in [-0.05, 0) is 31.0 Å². The Hall–Kier alpha value is -1.68. The molecule has 1 aromatic heterocycles. The van der Waals surface area contributed by atoms with E-state index in [1.165, 1.54) is 11.1 Å². The van der Waals surface area contributed by atoms with E-state index in [0.717, 1.165) is 13.0 Å². The largest absolute Gasteiger partial charge is 0.424 e. The van der Waals surface area contributed by atoms with Gasteiger partial charge in [-0.3, -0.25) is 0 Å². The summed E-state index contributed by atoms with van der Waals surface area (Å²) in [7, 11) is 0. The molecule has 18 heavy (non-hydrogen) atoms. The summed E-state index contributed by atoms with van der Waals surface area (Å²) >= 11 is 0. The summed E-state index contributed by atoms with van der Waals surface area (Å²) in [6, 6.07) is 8.25. The van der Waals surface area contributed by atoms with Crippen molar-refractivity contribution in [2.75, 3.05) is 6.54 Å². The predicted octanol–water partition coefficient (Wildman–Crippen LogP) is 2.47. The molecular weight excluding hydrogens is 226 g/mol. The molecule has 0 aliphatic heterocycles. The number of nitrogens with one attached hydrogen (secondary N) is 1. The van der Waals surface area contributed by atoms with Gasteiger partial charge in [0.25, 0.3) is 0 Å². The van der Waals surface area contributed by atoms with Crippen molar-refractivity contribution < 1.29 is 4.42 Å². The smallest absolute Gasteiger partial charge is 0.230 e. The van der Waals surface area contributed by atoms with Crippen LogP contribution in [0.25, 0.3) is 0 Å². The molecular formula is C14H19N3O. The SMILES string of the molecule is CCCNCc1nnc(Cc2ccccc2C)o1. The molecule has 4 nitrogen and oxygen atoms in total. The third-order valence-electron chi connectivity index (χ3n) is 2.81. The number of nitrogens with zero attached hydrogens (tertiary/aromatic N) is 2. The first-order chi connectivity index (χ1) is 8.79. The number of aromatic nitrogens is 2. The van der Waals surface area contributed by atoms with Crippen molar-refractivity contribution in [2.45, 2.75) is 33.2 Å². The van der Waals surface area contributed by atoms with Crippen LogP contribution in [-0.4, -0.2) is 16.7 Å². The van der Waals surface area contributed by atoms with Crippen LogP contribution in [0.2, 0.25) is 0 Å². The Morgan fingerprint density at radius 2 is 1.94 bits per heavy atom. The lowest BCUT2D eigenvalue weighted by Crippen LogP contribution is -2.13. The average molecular weight is 245 g/mol. The Bertz CT molecular complexity index is 493. The molecule has 0 radical (unpaired) electrons. The van der Waals surface area contributed by atoms with Gasteiger partial charge in [0.1, 0.15) is 0 Å². The van der Waals surface area contributed by atoms with Gasteiger partial charge >= 0.3 is 0 Å². The Kier molecular flexibility index (Phi) is 4.47. The summed E-state index contributed by atoms with van der Waals surface area (Å²) in [5, 5.41) is 11.4. The molecule has 0 spiro atoms. The first-order valence-electron chi connectivity index (χ1n) is 6.36. The molecule has 2 rings (SSSR count). The van der Waals surface area contributed by atoms with E-state index in [0.29, 0.717) is 24.7 Å². The van der Waals surface area contributed by atoms with Gasteiger partial charge in [0.05, 0.1) is 13.0 Å². The zero-order valence-electron chi connectivity index (χ0n) is 10.9. The van der Waals surface area contributed by atoms with Crippen molar-refractivity contribution in [2.24, 2.45) is 0 Å². The number of aryl methyl sites for hydroxylation is 1. The van der Waals surface area contributed by atoms with E-state index in [4.69, 9.17) is 4.42 Å². The molecule has 1 aromatic carbocycles. The van der Waals surface area contributed by atoms with Crippen LogP contribution in [0.3, 0.4) is 0 Å². The predicted molar refractivity (Wildman–Crippen MR) is 70.3 cm³/mol. The van der Waals surface area contributed by atoms with E-state index in [9.17, 15) is 0 Å². The van der Waals surface area contributed by atoms with Gasteiger partial charge < -0.3 is 9.73 Å². The maximum Gasteiger partial charge on any atom is 0.230 e. The Labute approximate surface area is 107 Å². The molecule has 1 heterocycles. The molecule has 0 unspecified atom stereocenters. The molecule has 0 amide bonds. The highest BCUT2D eigenvalue weighted by molar-refractivity contribution is 5.27. The molecule has 1 N–H and O–H groups in total. The van der Waals surface area contributed by atoms with Crippen LogP contribution in [0.4, 0.5) is 0 Å². The van der Waals surface area contributed by atoms with Gasteiger partial charge in [0.2, 0.25) is 11.8 Å². The summed E-state index contributed by atoms with van der Waals surface area (Å²) in [6.45, 7) is 5.84. The minimum Gasteiger partial charge on any atom is -0.424 e. The van der Waals surface area contributed by atoms with Gasteiger partial charge in [-0.25, -0.2) is 0 Å². The van der Waals surface area contributed by atoms with Crippen LogP contribution < -0.4 is 5.32 Å². The molecule has 96 valence electrons. The van der Waals surface area contributed by atoms with E-state index in [1.807, 2.05) is 12.1 Å². The summed E-state index contributed by atoms with van der Waals surface area (Å²) in [5.41, 5.74) is 2.48. The average Bonchev–Trinajstić information content (AvgIpc) is 2.80. The lowest BCUT2D eigenvalue weighted by Gasteiger charge is -2.01. The maximum atomic E-state index is 5.60. The van der Waals surface area contributed by atoms with Crippen molar-refractivity contribution in [1.29, 1.82) is 0 Å². The number of hydrogen-bond donors (Lipinski definition) is 1. The second-order valence-corrected chi connectivity index (χ2v) is 4.37. The van der Waals surface area contributed by atoms with Gasteiger partial charge in [0.15, 0.2) is 0 Å². The highest BCUT2D eigenvalue weighted by atomic mass is 16.4. The first-order valence-corrected chi connectivity index (χ1v) is 6.36. The monoisotopic (exact) mass is 245 g/mol. The molecule has 0 fully saturated rings. The van der Waals surface area contributed by atoms with Crippen LogP contribution in [0, 0.1) is 6.92 Å². The van der Waals surface area contributed by atoms with Crippen molar-refractivity contribution >= 4 is 0 Å². The van der Waals surface area contributed by atoms with Crippen LogP contribution in [0.15, 0.2) is 28.7 Å². The second kappa shape index (κ2) is 6.31. The molecule has 0 bridgehead atoms. The minimum atomic E-state index is 0.647. The van der Waals surface area contributed by atoms with Gasteiger partial charge in [-0.15, -0.1) is 10.2 Å². The fourth-order valence-corrected chi connectivity index (χ4v) is 1.77. The van der Waals surface area contributed by atoms with Crippen LogP contribution in [-0.2, 0) is 13.0 Å². The minimum absolute atomic E-state index is 0.647. The Morgan fingerprint density at radius 3 is 2.72 bits per heavy atom. The lowest BCUT2D eigenvalue weighted by atomic mass is 10.1. The number of benzene rings is 1. The lowest BCUT2D eigenvalue weighted by molar-refractivity contribution is 0.439. The topological polar surface area (TPSA) is 51.0 Å². The van der Waals surface area contributed by atoms with E-state index in [1.54, 1.807) is 0 Å². The zero-order chi connectivity index (χ0) is 12.8. The van der Waals surface area contributed by atoms with Crippen molar-refractivity contribution in [1.82, 2.24) is 15.5 Å². The van der Waals surface area contributed by atoms with Crippen molar-refractivity contribution in [3.63, 3.8) is 0 Å². The summed E-state index contributed by atoms with van der Waals surface area (Å²) in [4.78, 5) is 0. The molecule has 0 aliphatic carbocycles.